The summed E-state index contributed by atoms with van der Waals surface area (Å²) in [6.07, 6.45) is 7.81. The number of ether oxygens (including phenoxy) is 1. The first-order valence-electron chi connectivity index (χ1n) is 11.4. The lowest BCUT2D eigenvalue weighted by atomic mass is 9.92. The van der Waals surface area contributed by atoms with Crippen LogP contribution in [0.15, 0.2) is 65.2 Å². The molecule has 1 aliphatic heterocycles. The van der Waals surface area contributed by atoms with E-state index in [0.29, 0.717) is 11.6 Å². The van der Waals surface area contributed by atoms with Crippen molar-refractivity contribution in [3.8, 4) is 11.3 Å². The summed E-state index contributed by atoms with van der Waals surface area (Å²) in [5, 5.41) is 4.29. The van der Waals surface area contributed by atoms with Crippen LogP contribution in [0.1, 0.15) is 66.0 Å². The summed E-state index contributed by atoms with van der Waals surface area (Å²) >= 11 is 5.83. The van der Waals surface area contributed by atoms with Crippen molar-refractivity contribution >= 4 is 23.3 Å². The number of pyridine rings is 1. The number of methoxy groups -OCH3 is 1. The van der Waals surface area contributed by atoms with Crippen molar-refractivity contribution in [3.63, 3.8) is 0 Å². The number of rotatable bonds is 5. The highest BCUT2D eigenvalue weighted by atomic mass is 32.1. The van der Waals surface area contributed by atoms with E-state index in [9.17, 15) is 4.79 Å². The van der Waals surface area contributed by atoms with E-state index in [2.05, 4.69) is 15.2 Å². The molecule has 1 aliphatic carbocycles. The Labute approximate surface area is 199 Å². The van der Waals surface area contributed by atoms with Crippen LogP contribution < -0.4 is 5.32 Å². The van der Waals surface area contributed by atoms with E-state index >= 15 is 0 Å². The molecule has 2 aromatic heterocycles. The van der Waals surface area contributed by atoms with Gasteiger partial charge in [-0.1, -0.05) is 37.5 Å². The standard InChI is InChI=1S/C26H27N3O3S/c1-31-25(30)18-12-10-17(11-13-18)21-14-15-22(32-21)24-23(20-9-5-6-16-27-20)28-26(33)29(24)19-7-3-2-4-8-19/h5-6,9-16,19,23-24H,2-4,7-8H2,1H3,(H,28,33). The number of carbonyl (C=O) groups excluding carboxylic acids is 1. The van der Waals surface area contributed by atoms with Crippen LogP contribution in [-0.4, -0.2) is 34.1 Å². The molecule has 1 aromatic carbocycles. The summed E-state index contributed by atoms with van der Waals surface area (Å²) in [5.74, 6) is 1.26. The highest BCUT2D eigenvalue weighted by molar-refractivity contribution is 7.80. The van der Waals surface area contributed by atoms with E-state index < -0.39 is 0 Å². The lowest BCUT2D eigenvalue weighted by Crippen LogP contribution is -2.40. The van der Waals surface area contributed by atoms with Crippen LogP contribution in [0.4, 0.5) is 0 Å². The van der Waals surface area contributed by atoms with Gasteiger partial charge in [0.1, 0.15) is 17.6 Å². The highest BCUT2D eigenvalue weighted by Gasteiger charge is 2.44. The monoisotopic (exact) mass is 461 g/mol. The van der Waals surface area contributed by atoms with E-state index in [0.717, 1.165) is 40.7 Å². The first-order valence-corrected chi connectivity index (χ1v) is 11.8. The maximum absolute atomic E-state index is 11.8. The SMILES string of the molecule is COC(=O)c1ccc(-c2ccc(C3C(c4ccccn4)NC(=S)N3C3CCCCC3)o2)cc1. The lowest BCUT2D eigenvalue weighted by molar-refractivity contribution is 0.0600. The predicted molar refractivity (Wildman–Crippen MR) is 130 cm³/mol. The Kier molecular flexibility index (Phi) is 6.13. The van der Waals surface area contributed by atoms with Crippen molar-refractivity contribution in [2.24, 2.45) is 0 Å². The molecule has 1 N–H and O–H groups in total. The van der Waals surface area contributed by atoms with Gasteiger partial charge in [0.15, 0.2) is 5.11 Å². The Hall–Kier alpha value is -3.19. The van der Waals surface area contributed by atoms with E-state index in [1.165, 1.54) is 26.4 Å². The van der Waals surface area contributed by atoms with Crippen LogP contribution in [0.3, 0.4) is 0 Å². The molecule has 3 heterocycles. The summed E-state index contributed by atoms with van der Waals surface area (Å²) in [6.45, 7) is 0. The quantitative estimate of drug-likeness (QED) is 0.401. The third-order valence-electron chi connectivity index (χ3n) is 6.61. The number of nitrogens with zero attached hydrogens (tertiary/aromatic N) is 2. The van der Waals surface area contributed by atoms with Gasteiger partial charge in [0.2, 0.25) is 0 Å². The molecule has 5 rings (SSSR count). The average Bonchev–Trinajstić information content (AvgIpc) is 3.49. The molecule has 2 atom stereocenters. The third kappa shape index (κ3) is 4.25. The number of nitrogens with one attached hydrogen (secondary N) is 1. The van der Waals surface area contributed by atoms with Crippen LogP contribution in [0.5, 0.6) is 0 Å². The fourth-order valence-electron chi connectivity index (χ4n) is 4.98. The van der Waals surface area contributed by atoms with E-state index in [1.54, 1.807) is 12.1 Å². The summed E-state index contributed by atoms with van der Waals surface area (Å²) in [6, 6.07) is 17.5. The van der Waals surface area contributed by atoms with E-state index in [1.807, 2.05) is 48.7 Å². The number of benzene rings is 1. The number of thiocarbonyl (C=S) groups is 1. The Morgan fingerprint density at radius 3 is 2.58 bits per heavy atom. The fourth-order valence-corrected chi connectivity index (χ4v) is 5.37. The Morgan fingerprint density at radius 2 is 1.88 bits per heavy atom. The Balaban J connectivity index is 1.49. The predicted octanol–water partition coefficient (Wildman–Crippen LogP) is 5.43. The topological polar surface area (TPSA) is 67.6 Å². The molecule has 6 nitrogen and oxygen atoms in total. The molecule has 7 heteroatoms. The molecule has 2 unspecified atom stereocenters. The molecular weight excluding hydrogens is 434 g/mol. The zero-order valence-corrected chi connectivity index (χ0v) is 19.4. The summed E-state index contributed by atoms with van der Waals surface area (Å²) < 4.78 is 11.2. The highest BCUT2D eigenvalue weighted by Crippen LogP contribution is 2.43. The van der Waals surface area contributed by atoms with Crippen LogP contribution in [0.25, 0.3) is 11.3 Å². The molecule has 1 saturated heterocycles. The number of hydrogen-bond acceptors (Lipinski definition) is 5. The normalized spacial score (nSPS) is 21.1. The van der Waals surface area contributed by atoms with Crippen LogP contribution in [-0.2, 0) is 4.74 Å². The van der Waals surface area contributed by atoms with Crippen molar-refractivity contribution in [1.29, 1.82) is 0 Å². The molecule has 0 amide bonds. The molecule has 0 bridgehead atoms. The summed E-state index contributed by atoms with van der Waals surface area (Å²) in [4.78, 5) is 18.7. The van der Waals surface area contributed by atoms with Gasteiger partial charge in [0.05, 0.1) is 24.4 Å². The molecule has 0 radical (unpaired) electrons. The van der Waals surface area contributed by atoms with Crippen molar-refractivity contribution in [2.45, 2.75) is 50.2 Å². The summed E-state index contributed by atoms with van der Waals surface area (Å²) in [5.41, 5.74) is 2.36. The second-order valence-corrected chi connectivity index (χ2v) is 8.98. The zero-order valence-electron chi connectivity index (χ0n) is 18.6. The second-order valence-electron chi connectivity index (χ2n) is 8.60. The zero-order chi connectivity index (χ0) is 22.8. The Morgan fingerprint density at radius 1 is 1.09 bits per heavy atom. The van der Waals surface area contributed by atoms with Gasteiger partial charge in [-0.3, -0.25) is 4.98 Å². The average molecular weight is 462 g/mol. The van der Waals surface area contributed by atoms with Gasteiger partial charge in [-0.25, -0.2) is 4.79 Å². The fraction of sp³-hybridized carbons (Fsp3) is 0.346. The van der Waals surface area contributed by atoms with Gasteiger partial charge >= 0.3 is 5.97 Å². The molecule has 3 aromatic rings. The minimum atomic E-state index is -0.353. The largest absolute Gasteiger partial charge is 0.465 e. The van der Waals surface area contributed by atoms with E-state index in [4.69, 9.17) is 21.4 Å². The van der Waals surface area contributed by atoms with Gasteiger partial charge in [-0.05, 0) is 61.5 Å². The summed E-state index contributed by atoms with van der Waals surface area (Å²) in [7, 11) is 1.38. The van der Waals surface area contributed by atoms with Crippen LogP contribution in [0, 0.1) is 0 Å². The molecule has 1 saturated carbocycles. The molecule has 170 valence electrons. The van der Waals surface area contributed by atoms with Crippen molar-refractivity contribution in [1.82, 2.24) is 15.2 Å². The van der Waals surface area contributed by atoms with Crippen LogP contribution >= 0.6 is 12.2 Å². The molecule has 2 aliphatic rings. The third-order valence-corrected chi connectivity index (χ3v) is 6.94. The number of furan rings is 1. The Bertz CT molecular complexity index is 1120. The van der Waals surface area contributed by atoms with Gasteiger partial charge in [0.25, 0.3) is 0 Å². The minimum absolute atomic E-state index is 0.0707. The smallest absolute Gasteiger partial charge is 0.337 e. The van der Waals surface area contributed by atoms with Gasteiger partial charge in [0, 0.05) is 17.8 Å². The molecule has 2 fully saturated rings. The number of esters is 1. The van der Waals surface area contributed by atoms with Gasteiger partial charge in [-0.2, -0.15) is 0 Å². The van der Waals surface area contributed by atoms with Crippen molar-refractivity contribution < 1.29 is 13.9 Å². The van der Waals surface area contributed by atoms with Gasteiger partial charge < -0.3 is 19.4 Å². The van der Waals surface area contributed by atoms with Crippen molar-refractivity contribution in [2.75, 3.05) is 7.11 Å². The molecule has 0 spiro atoms. The first-order chi connectivity index (χ1) is 16.2. The van der Waals surface area contributed by atoms with E-state index in [-0.39, 0.29) is 18.1 Å². The van der Waals surface area contributed by atoms with Gasteiger partial charge in [-0.15, -0.1) is 0 Å². The first kappa shape index (κ1) is 21.6. The van der Waals surface area contributed by atoms with Crippen LogP contribution in [0.2, 0.25) is 0 Å². The maximum atomic E-state index is 11.8. The molecular formula is C26H27N3O3S. The molecule has 33 heavy (non-hydrogen) atoms. The number of carbonyl (C=O) groups is 1. The number of aromatic nitrogens is 1. The number of hydrogen-bond donors (Lipinski definition) is 1. The minimum Gasteiger partial charge on any atom is -0.465 e. The maximum Gasteiger partial charge on any atom is 0.337 e. The second kappa shape index (κ2) is 9.35. The lowest BCUT2D eigenvalue weighted by Gasteiger charge is -2.36. The van der Waals surface area contributed by atoms with Crippen molar-refractivity contribution in [3.05, 3.63) is 77.8 Å².